The summed E-state index contributed by atoms with van der Waals surface area (Å²) in [5, 5.41) is 8.23. The average Bonchev–Trinajstić information content (AvgIpc) is 3.06. The molecule has 0 aliphatic carbocycles. The van der Waals surface area contributed by atoms with E-state index in [1.807, 2.05) is 41.6 Å². The minimum atomic E-state index is 0.123. The van der Waals surface area contributed by atoms with E-state index in [1.54, 1.807) is 4.68 Å². The van der Waals surface area contributed by atoms with E-state index < -0.39 is 0 Å². The summed E-state index contributed by atoms with van der Waals surface area (Å²) in [5.74, 6) is 0.761. The molecule has 1 aliphatic heterocycles. The topological polar surface area (TPSA) is 63.9 Å². The first kappa shape index (κ1) is 15.7. The number of para-hydroxylation sites is 1. The lowest BCUT2D eigenvalue weighted by atomic mass is 9.90. The van der Waals surface area contributed by atoms with Gasteiger partial charge in [-0.3, -0.25) is 9.78 Å². The lowest BCUT2D eigenvalue weighted by Gasteiger charge is -2.32. The van der Waals surface area contributed by atoms with Crippen molar-refractivity contribution < 1.29 is 4.79 Å². The molecule has 2 aromatic heterocycles. The molecule has 25 heavy (non-hydrogen) atoms. The van der Waals surface area contributed by atoms with E-state index in [0.717, 1.165) is 43.4 Å². The van der Waals surface area contributed by atoms with Crippen LogP contribution in [-0.4, -0.2) is 43.9 Å². The van der Waals surface area contributed by atoms with Crippen molar-refractivity contribution in [3.8, 4) is 0 Å². The second-order valence-corrected chi connectivity index (χ2v) is 6.62. The van der Waals surface area contributed by atoms with E-state index >= 15 is 0 Å². The van der Waals surface area contributed by atoms with Gasteiger partial charge in [-0.05, 0) is 55.0 Å². The number of nitrogens with zero attached hydrogens (tertiary/aromatic N) is 5. The highest BCUT2D eigenvalue weighted by molar-refractivity contribution is 5.79. The van der Waals surface area contributed by atoms with E-state index in [1.165, 1.54) is 5.56 Å². The summed E-state index contributed by atoms with van der Waals surface area (Å²) in [4.78, 5) is 18.6. The van der Waals surface area contributed by atoms with Crippen molar-refractivity contribution in [1.29, 1.82) is 0 Å². The second kappa shape index (κ2) is 7.01. The quantitative estimate of drug-likeness (QED) is 0.734. The normalized spacial score (nSPS) is 15.6. The molecule has 0 atom stereocenters. The number of likely N-dealkylation sites (tertiary alicyclic amines) is 1. The van der Waals surface area contributed by atoms with Gasteiger partial charge in [0.15, 0.2) is 0 Å². The Hall–Kier alpha value is -2.76. The molecule has 1 aliphatic rings. The summed E-state index contributed by atoms with van der Waals surface area (Å²) < 4.78 is 1.70. The van der Waals surface area contributed by atoms with Gasteiger partial charge in [0, 0.05) is 25.5 Å². The van der Waals surface area contributed by atoms with Crippen molar-refractivity contribution in [2.45, 2.75) is 25.8 Å². The number of hydrogen-bond donors (Lipinski definition) is 0. The van der Waals surface area contributed by atoms with Crippen LogP contribution in [0.1, 0.15) is 18.4 Å². The zero-order valence-corrected chi connectivity index (χ0v) is 14.1. The molecule has 0 unspecified atom stereocenters. The van der Waals surface area contributed by atoms with Crippen LogP contribution in [0, 0.1) is 5.92 Å². The number of hydrogen-bond acceptors (Lipinski definition) is 4. The van der Waals surface area contributed by atoms with E-state index in [4.69, 9.17) is 0 Å². The van der Waals surface area contributed by atoms with Crippen molar-refractivity contribution in [3.63, 3.8) is 0 Å². The van der Waals surface area contributed by atoms with Gasteiger partial charge in [0.05, 0.1) is 5.52 Å². The molecule has 4 rings (SSSR count). The first-order chi connectivity index (χ1) is 12.3. The molecule has 3 aromatic rings. The number of pyridine rings is 1. The Bertz CT molecular complexity index is 852. The van der Waals surface area contributed by atoms with Gasteiger partial charge in [0.1, 0.15) is 12.1 Å². The molecule has 1 fully saturated rings. The van der Waals surface area contributed by atoms with E-state index in [-0.39, 0.29) is 12.5 Å². The molecule has 0 bridgehead atoms. The Labute approximate surface area is 146 Å². The molecule has 0 radical (unpaired) electrons. The third-order valence-electron chi connectivity index (χ3n) is 4.95. The third-order valence-corrected chi connectivity index (χ3v) is 4.95. The van der Waals surface area contributed by atoms with Gasteiger partial charge in [-0.25, -0.2) is 4.68 Å². The monoisotopic (exact) mass is 335 g/mol. The van der Waals surface area contributed by atoms with Crippen LogP contribution in [0.4, 0.5) is 0 Å². The molecule has 3 heterocycles. The zero-order chi connectivity index (χ0) is 17.1. The third kappa shape index (κ3) is 3.52. The van der Waals surface area contributed by atoms with Gasteiger partial charge in [0.2, 0.25) is 5.91 Å². The molecule has 1 aromatic carbocycles. The second-order valence-electron chi connectivity index (χ2n) is 6.62. The van der Waals surface area contributed by atoms with Crippen molar-refractivity contribution >= 4 is 16.9 Å². The summed E-state index contributed by atoms with van der Waals surface area (Å²) >= 11 is 0. The Balaban J connectivity index is 1.33. The predicted molar refractivity (Wildman–Crippen MR) is 94.8 cm³/mol. The maximum absolute atomic E-state index is 12.6. The molecule has 1 saturated heterocycles. The molecular formula is C19H21N5O. The summed E-state index contributed by atoms with van der Waals surface area (Å²) in [5.41, 5.74) is 3.06. The summed E-state index contributed by atoms with van der Waals surface area (Å²) in [6.07, 6.45) is 6.85. The molecule has 0 spiro atoms. The van der Waals surface area contributed by atoms with Gasteiger partial charge < -0.3 is 4.90 Å². The van der Waals surface area contributed by atoms with Crippen molar-refractivity contribution in [1.82, 2.24) is 24.9 Å². The number of rotatable bonds is 4. The lowest BCUT2D eigenvalue weighted by molar-refractivity contribution is -0.133. The number of amides is 1. The Morgan fingerprint density at radius 2 is 1.84 bits per heavy atom. The highest BCUT2D eigenvalue weighted by atomic mass is 16.2. The summed E-state index contributed by atoms with van der Waals surface area (Å²) in [7, 11) is 0. The van der Waals surface area contributed by atoms with Crippen LogP contribution in [0.25, 0.3) is 11.0 Å². The molecule has 1 amide bonds. The maximum Gasteiger partial charge on any atom is 0.244 e. The number of fused-ring (bicyclic) bond motifs is 1. The smallest absolute Gasteiger partial charge is 0.244 e. The molecule has 0 saturated carbocycles. The Morgan fingerprint density at radius 3 is 2.64 bits per heavy atom. The Kier molecular flexibility index (Phi) is 4.41. The van der Waals surface area contributed by atoms with Crippen LogP contribution >= 0.6 is 0 Å². The number of benzene rings is 1. The van der Waals surface area contributed by atoms with Gasteiger partial charge >= 0.3 is 0 Å². The Morgan fingerprint density at radius 1 is 1.08 bits per heavy atom. The van der Waals surface area contributed by atoms with Gasteiger partial charge in [-0.2, -0.15) is 0 Å². The molecule has 128 valence electrons. The van der Waals surface area contributed by atoms with Crippen molar-refractivity contribution in [2.24, 2.45) is 5.92 Å². The fourth-order valence-electron chi connectivity index (χ4n) is 3.50. The van der Waals surface area contributed by atoms with Crippen molar-refractivity contribution in [3.05, 3.63) is 54.4 Å². The molecule has 0 N–H and O–H groups in total. The van der Waals surface area contributed by atoms with Crippen LogP contribution in [0.2, 0.25) is 0 Å². The molecule has 6 heteroatoms. The standard InChI is InChI=1S/C19H21N5O/c25-19(14-24-18-4-2-1-3-17(18)21-22-24)23-11-7-16(8-12-23)13-15-5-9-20-10-6-15/h1-6,9-10,16H,7-8,11-14H2. The fraction of sp³-hybridized carbons (Fsp3) is 0.368. The number of aromatic nitrogens is 4. The highest BCUT2D eigenvalue weighted by Gasteiger charge is 2.23. The van der Waals surface area contributed by atoms with Crippen LogP contribution in [0.5, 0.6) is 0 Å². The minimum absolute atomic E-state index is 0.123. The van der Waals surface area contributed by atoms with E-state index in [0.29, 0.717) is 5.92 Å². The van der Waals surface area contributed by atoms with Crippen LogP contribution in [0.3, 0.4) is 0 Å². The SMILES string of the molecule is O=C(Cn1nnc2ccccc21)N1CCC(Cc2ccncc2)CC1. The minimum Gasteiger partial charge on any atom is -0.341 e. The molecular weight excluding hydrogens is 314 g/mol. The number of piperidine rings is 1. The van der Waals surface area contributed by atoms with Crippen LogP contribution in [-0.2, 0) is 17.8 Å². The lowest BCUT2D eigenvalue weighted by Crippen LogP contribution is -2.40. The first-order valence-electron chi connectivity index (χ1n) is 8.74. The van der Waals surface area contributed by atoms with Crippen LogP contribution < -0.4 is 0 Å². The predicted octanol–water partition coefficient (Wildman–Crippen LogP) is 2.31. The average molecular weight is 335 g/mol. The largest absolute Gasteiger partial charge is 0.341 e. The van der Waals surface area contributed by atoms with Gasteiger partial charge in [-0.15, -0.1) is 5.10 Å². The van der Waals surface area contributed by atoms with Crippen molar-refractivity contribution in [2.75, 3.05) is 13.1 Å². The molecule has 6 nitrogen and oxygen atoms in total. The van der Waals surface area contributed by atoms with Gasteiger partial charge in [-0.1, -0.05) is 17.3 Å². The summed E-state index contributed by atoms with van der Waals surface area (Å²) in [6, 6.07) is 11.9. The highest BCUT2D eigenvalue weighted by Crippen LogP contribution is 2.22. The summed E-state index contributed by atoms with van der Waals surface area (Å²) in [6.45, 7) is 1.90. The zero-order valence-electron chi connectivity index (χ0n) is 14.1. The van der Waals surface area contributed by atoms with E-state index in [9.17, 15) is 4.79 Å². The fourth-order valence-corrected chi connectivity index (χ4v) is 3.50. The van der Waals surface area contributed by atoms with Crippen LogP contribution in [0.15, 0.2) is 48.8 Å². The maximum atomic E-state index is 12.6. The first-order valence-corrected chi connectivity index (χ1v) is 8.74. The number of carbonyl (C=O) groups is 1. The van der Waals surface area contributed by atoms with E-state index in [2.05, 4.69) is 27.4 Å². The number of carbonyl (C=O) groups excluding carboxylic acids is 1. The van der Waals surface area contributed by atoms with Gasteiger partial charge in [0.25, 0.3) is 0 Å².